The van der Waals surface area contributed by atoms with Crippen molar-refractivity contribution in [1.82, 2.24) is 20.2 Å². The van der Waals surface area contributed by atoms with Gasteiger partial charge in [-0.25, -0.2) is 14.8 Å². The number of H-pyrrole nitrogens is 1. The number of nitrogens with one attached hydrogen (secondary N) is 3. The van der Waals surface area contributed by atoms with Crippen LogP contribution in [-0.2, 0) is 6.18 Å². The van der Waals surface area contributed by atoms with Crippen LogP contribution in [0.4, 0.5) is 29.3 Å². The molecule has 0 saturated heterocycles. The van der Waals surface area contributed by atoms with Crippen molar-refractivity contribution in [3.63, 3.8) is 0 Å². The highest BCUT2D eigenvalue weighted by Crippen LogP contribution is 2.31. The molecule has 4 rings (SSSR count). The Balaban J connectivity index is 1.37. The number of alkyl halides is 3. The van der Waals surface area contributed by atoms with Crippen molar-refractivity contribution < 1.29 is 18.0 Å². The molecule has 152 valence electrons. The van der Waals surface area contributed by atoms with Gasteiger partial charge >= 0.3 is 12.2 Å². The fraction of sp³-hybridized carbons (Fsp3) is 0.0526. The number of anilines is 2. The minimum atomic E-state index is -4.42. The van der Waals surface area contributed by atoms with Gasteiger partial charge in [0, 0.05) is 16.3 Å². The summed E-state index contributed by atoms with van der Waals surface area (Å²) in [7, 11) is 0. The Morgan fingerprint density at radius 3 is 2.20 bits per heavy atom. The van der Waals surface area contributed by atoms with E-state index in [1.54, 1.807) is 18.3 Å². The summed E-state index contributed by atoms with van der Waals surface area (Å²) >= 11 is 1.42. The van der Waals surface area contributed by atoms with Gasteiger partial charge in [0.15, 0.2) is 5.65 Å². The molecule has 0 saturated carbocycles. The number of carbonyl (C=O) groups is 1. The van der Waals surface area contributed by atoms with Crippen LogP contribution in [0.1, 0.15) is 5.56 Å². The second-order valence-electron chi connectivity index (χ2n) is 6.09. The molecule has 2 aromatic carbocycles. The van der Waals surface area contributed by atoms with Crippen LogP contribution in [0.3, 0.4) is 0 Å². The first-order valence-corrected chi connectivity index (χ1v) is 9.37. The molecule has 0 fully saturated rings. The van der Waals surface area contributed by atoms with Crippen molar-refractivity contribution in [1.29, 1.82) is 0 Å². The van der Waals surface area contributed by atoms with Crippen LogP contribution in [0.5, 0.6) is 0 Å². The van der Waals surface area contributed by atoms with E-state index in [-0.39, 0.29) is 5.69 Å². The summed E-state index contributed by atoms with van der Waals surface area (Å²) in [6, 6.07) is 10.7. The van der Waals surface area contributed by atoms with Gasteiger partial charge in [-0.2, -0.15) is 18.3 Å². The number of rotatable bonds is 4. The van der Waals surface area contributed by atoms with Crippen LogP contribution in [0, 0.1) is 0 Å². The Morgan fingerprint density at radius 1 is 0.933 bits per heavy atom. The smallest absolute Gasteiger partial charge is 0.308 e. The topological polar surface area (TPSA) is 95.6 Å². The van der Waals surface area contributed by atoms with Gasteiger partial charge in [0.2, 0.25) is 0 Å². The minimum absolute atomic E-state index is 0.251. The molecule has 0 aliphatic rings. The first-order chi connectivity index (χ1) is 14.4. The lowest BCUT2D eigenvalue weighted by Crippen LogP contribution is -2.19. The number of amides is 2. The molecule has 0 aliphatic carbocycles. The van der Waals surface area contributed by atoms with Gasteiger partial charge in [-0.15, -0.1) is 0 Å². The molecule has 11 heteroatoms. The molecule has 0 bridgehead atoms. The maximum absolute atomic E-state index is 12.6. The lowest BCUT2D eigenvalue weighted by molar-refractivity contribution is -0.137. The molecule has 7 nitrogen and oxygen atoms in total. The van der Waals surface area contributed by atoms with Crippen molar-refractivity contribution in [3.8, 4) is 0 Å². The van der Waals surface area contributed by atoms with Gasteiger partial charge in [0.05, 0.1) is 17.1 Å². The van der Waals surface area contributed by atoms with Crippen molar-refractivity contribution in [2.24, 2.45) is 0 Å². The highest BCUT2D eigenvalue weighted by atomic mass is 32.2. The van der Waals surface area contributed by atoms with E-state index in [2.05, 4.69) is 30.8 Å². The molecular formula is C19H13F3N6OS. The van der Waals surface area contributed by atoms with Gasteiger partial charge < -0.3 is 10.6 Å². The summed E-state index contributed by atoms with van der Waals surface area (Å²) < 4.78 is 37.8. The van der Waals surface area contributed by atoms with Crippen molar-refractivity contribution >= 4 is 40.2 Å². The molecule has 0 spiro atoms. The maximum atomic E-state index is 12.6. The summed E-state index contributed by atoms with van der Waals surface area (Å²) in [5.41, 5.74) is 0.643. The number of hydrogen-bond donors (Lipinski definition) is 3. The SMILES string of the molecule is O=C(Nc1ccc(Sc2ncnc3[nH]ncc23)cc1)Nc1ccc(C(F)(F)F)cc1. The van der Waals surface area contributed by atoms with E-state index in [1.165, 1.54) is 30.2 Å². The second kappa shape index (κ2) is 8.03. The normalized spacial score (nSPS) is 11.4. The van der Waals surface area contributed by atoms with Crippen LogP contribution in [-0.4, -0.2) is 26.2 Å². The van der Waals surface area contributed by atoms with Crippen LogP contribution >= 0.6 is 11.8 Å². The molecule has 30 heavy (non-hydrogen) atoms. The Labute approximate surface area is 172 Å². The largest absolute Gasteiger partial charge is 0.416 e. The third kappa shape index (κ3) is 4.51. The van der Waals surface area contributed by atoms with Gasteiger partial charge in [-0.3, -0.25) is 5.10 Å². The lowest BCUT2D eigenvalue weighted by Gasteiger charge is -2.10. The van der Waals surface area contributed by atoms with Crippen LogP contribution < -0.4 is 10.6 Å². The van der Waals surface area contributed by atoms with Gasteiger partial charge in [-0.1, -0.05) is 11.8 Å². The Kier molecular flexibility index (Phi) is 5.27. The number of carbonyl (C=O) groups excluding carboxylic acids is 1. The number of nitrogens with zero attached hydrogens (tertiary/aromatic N) is 3. The Morgan fingerprint density at radius 2 is 1.57 bits per heavy atom. The van der Waals surface area contributed by atoms with Gasteiger partial charge in [-0.05, 0) is 48.5 Å². The average molecular weight is 430 g/mol. The van der Waals surface area contributed by atoms with E-state index in [0.717, 1.165) is 27.4 Å². The zero-order chi connectivity index (χ0) is 21.1. The van der Waals surface area contributed by atoms with E-state index >= 15 is 0 Å². The summed E-state index contributed by atoms with van der Waals surface area (Å²) in [6.45, 7) is 0. The summed E-state index contributed by atoms with van der Waals surface area (Å²) in [4.78, 5) is 21.3. The molecular weight excluding hydrogens is 417 g/mol. The quantitative estimate of drug-likeness (QED) is 0.389. The molecule has 2 heterocycles. The van der Waals surface area contributed by atoms with Crippen molar-refractivity contribution in [3.05, 3.63) is 66.6 Å². The molecule has 3 N–H and O–H groups in total. The molecule has 0 unspecified atom stereocenters. The second-order valence-corrected chi connectivity index (χ2v) is 7.15. The lowest BCUT2D eigenvalue weighted by atomic mass is 10.2. The predicted octanol–water partition coefficient (Wildman–Crippen LogP) is 5.17. The number of fused-ring (bicyclic) bond motifs is 1. The highest BCUT2D eigenvalue weighted by molar-refractivity contribution is 7.99. The van der Waals surface area contributed by atoms with Crippen LogP contribution in [0.25, 0.3) is 11.0 Å². The van der Waals surface area contributed by atoms with Crippen molar-refractivity contribution in [2.75, 3.05) is 10.6 Å². The van der Waals surface area contributed by atoms with Gasteiger partial charge in [0.1, 0.15) is 11.4 Å². The number of benzene rings is 2. The predicted molar refractivity (Wildman–Crippen MR) is 106 cm³/mol. The van der Waals surface area contributed by atoms with Crippen molar-refractivity contribution in [2.45, 2.75) is 16.1 Å². The first-order valence-electron chi connectivity index (χ1n) is 8.56. The average Bonchev–Trinajstić information content (AvgIpc) is 3.19. The number of urea groups is 1. The third-order valence-electron chi connectivity index (χ3n) is 4.01. The summed E-state index contributed by atoms with van der Waals surface area (Å²) in [5, 5.41) is 13.4. The van der Waals surface area contributed by atoms with E-state index in [1.807, 2.05) is 12.1 Å². The number of aromatic amines is 1. The van der Waals surface area contributed by atoms with E-state index in [9.17, 15) is 18.0 Å². The first kappa shape index (κ1) is 19.7. The van der Waals surface area contributed by atoms with E-state index in [0.29, 0.717) is 11.3 Å². The zero-order valence-electron chi connectivity index (χ0n) is 15.1. The summed E-state index contributed by atoms with van der Waals surface area (Å²) in [5.74, 6) is 0. The fourth-order valence-electron chi connectivity index (χ4n) is 2.58. The molecule has 0 aliphatic heterocycles. The number of aromatic nitrogens is 4. The maximum Gasteiger partial charge on any atom is 0.416 e. The molecule has 0 radical (unpaired) electrons. The van der Waals surface area contributed by atoms with Crippen LogP contribution in [0.2, 0.25) is 0 Å². The van der Waals surface area contributed by atoms with E-state index < -0.39 is 17.8 Å². The Hall–Kier alpha value is -3.60. The standard InChI is InChI=1S/C19H13F3N6OS/c20-19(21,22)11-1-3-12(4-2-11)26-18(29)27-13-5-7-14(8-6-13)30-17-15-9-25-28-16(15)23-10-24-17/h1-10H,(H2,26,27,29)(H,23,24,25,28). The molecule has 4 aromatic rings. The van der Waals surface area contributed by atoms with Gasteiger partial charge in [0.25, 0.3) is 0 Å². The third-order valence-corrected chi connectivity index (χ3v) is 5.03. The Bertz CT molecular complexity index is 1180. The highest BCUT2D eigenvalue weighted by Gasteiger charge is 2.29. The zero-order valence-corrected chi connectivity index (χ0v) is 15.9. The summed E-state index contributed by atoms with van der Waals surface area (Å²) in [6.07, 6.45) is -1.32. The fourth-order valence-corrected chi connectivity index (χ4v) is 3.43. The van der Waals surface area contributed by atoms with Crippen LogP contribution in [0.15, 0.2) is 71.0 Å². The molecule has 2 aromatic heterocycles. The van der Waals surface area contributed by atoms with E-state index in [4.69, 9.17) is 0 Å². The molecule has 0 atom stereocenters. The number of hydrogen-bond acceptors (Lipinski definition) is 5. The monoisotopic (exact) mass is 430 g/mol. The minimum Gasteiger partial charge on any atom is -0.308 e. The number of halogens is 3. The molecule has 2 amide bonds.